The Bertz CT molecular complexity index is 311. The van der Waals surface area contributed by atoms with Crippen molar-refractivity contribution in [1.29, 1.82) is 0 Å². The molecule has 0 fully saturated rings. The van der Waals surface area contributed by atoms with E-state index in [-0.39, 0.29) is 5.91 Å². The average molecular weight is 233 g/mol. The van der Waals surface area contributed by atoms with Gasteiger partial charge in [-0.05, 0) is 24.7 Å². The summed E-state index contributed by atoms with van der Waals surface area (Å²) >= 11 is 0. The molecule has 0 bridgehead atoms. The molecule has 0 aromatic rings. The van der Waals surface area contributed by atoms with Crippen molar-refractivity contribution in [2.45, 2.75) is 64.7 Å². The largest absolute Gasteiger partial charge is 0.370 e. The fourth-order valence-electron chi connectivity index (χ4n) is 1.46. The fourth-order valence-corrected chi connectivity index (χ4v) is 1.46. The number of rotatable bonds is 8. The van der Waals surface area contributed by atoms with Gasteiger partial charge in [0.15, 0.2) is 0 Å². The van der Waals surface area contributed by atoms with E-state index in [1.165, 1.54) is 19.3 Å². The van der Waals surface area contributed by atoms with E-state index in [1.807, 2.05) is 6.92 Å². The van der Waals surface area contributed by atoms with E-state index in [0.29, 0.717) is 6.42 Å². The first-order valence-electron chi connectivity index (χ1n) is 6.51. The van der Waals surface area contributed by atoms with Gasteiger partial charge in [-0.15, -0.1) is 0 Å². The van der Waals surface area contributed by atoms with Gasteiger partial charge in [-0.3, -0.25) is 4.79 Å². The molecule has 0 aromatic heterocycles. The molecule has 0 saturated carbocycles. The van der Waals surface area contributed by atoms with Gasteiger partial charge in [-0.2, -0.15) is 0 Å². The second-order valence-electron chi connectivity index (χ2n) is 4.04. The Balaban J connectivity index is 3.18. The maximum Gasteiger partial charge on any atom is 0.217 e. The lowest BCUT2D eigenvalue weighted by Crippen LogP contribution is -2.09. The van der Waals surface area contributed by atoms with E-state index in [1.54, 1.807) is 0 Å². The van der Waals surface area contributed by atoms with Crippen molar-refractivity contribution in [2.24, 2.45) is 5.73 Å². The van der Waals surface area contributed by atoms with Gasteiger partial charge < -0.3 is 5.73 Å². The molecule has 0 spiro atoms. The van der Waals surface area contributed by atoms with Crippen LogP contribution in [-0.2, 0) is 4.79 Å². The highest BCUT2D eigenvalue weighted by Crippen LogP contribution is 2.07. The van der Waals surface area contributed by atoms with E-state index < -0.39 is 0 Å². The van der Waals surface area contributed by atoms with Gasteiger partial charge in [0.25, 0.3) is 0 Å². The van der Waals surface area contributed by atoms with Crippen molar-refractivity contribution in [3.05, 3.63) is 0 Å². The van der Waals surface area contributed by atoms with Crippen molar-refractivity contribution in [3.8, 4) is 23.7 Å². The zero-order chi connectivity index (χ0) is 12.8. The molecular weight excluding hydrogens is 210 g/mol. The molecule has 1 amide bonds. The van der Waals surface area contributed by atoms with Gasteiger partial charge in [-0.25, -0.2) is 0 Å². The highest BCUT2D eigenvalue weighted by Gasteiger charge is 1.94. The van der Waals surface area contributed by atoms with E-state index in [2.05, 4.69) is 23.7 Å². The molecule has 0 rings (SSSR count). The highest BCUT2D eigenvalue weighted by atomic mass is 16.1. The molecule has 2 nitrogen and oxygen atoms in total. The monoisotopic (exact) mass is 233 g/mol. The molecule has 0 unspecified atom stereocenters. The molecule has 0 atom stereocenters. The van der Waals surface area contributed by atoms with Crippen LogP contribution in [0.4, 0.5) is 0 Å². The number of hydrogen-bond donors (Lipinski definition) is 1. The summed E-state index contributed by atoms with van der Waals surface area (Å²) in [6.45, 7) is 2.02. The lowest BCUT2D eigenvalue weighted by atomic mass is 10.1. The molecule has 0 saturated heterocycles. The third-order valence-electron chi connectivity index (χ3n) is 2.39. The van der Waals surface area contributed by atoms with E-state index in [0.717, 1.165) is 32.1 Å². The number of hydrogen-bond acceptors (Lipinski definition) is 1. The zero-order valence-electron chi connectivity index (χ0n) is 10.8. The average Bonchev–Trinajstić information content (AvgIpc) is 2.30. The fraction of sp³-hybridized carbons (Fsp3) is 0.667. The van der Waals surface area contributed by atoms with Gasteiger partial charge in [-0.1, -0.05) is 44.4 Å². The SMILES string of the molecule is CCC#CC#CCCCCCCCCC(N)=O. The Morgan fingerprint density at radius 3 is 2.18 bits per heavy atom. The predicted octanol–water partition coefficient (Wildman–Crippen LogP) is 3.01. The standard InChI is InChI=1S/C15H23NO/c1-2-3-4-5-6-7-8-9-10-11-12-13-14-15(16)17/h2,7-14H2,1H3,(H2,16,17). The van der Waals surface area contributed by atoms with Gasteiger partial charge in [0.05, 0.1) is 0 Å². The van der Waals surface area contributed by atoms with Crippen molar-refractivity contribution >= 4 is 5.91 Å². The van der Waals surface area contributed by atoms with E-state index >= 15 is 0 Å². The first-order chi connectivity index (χ1) is 8.27. The maximum absolute atomic E-state index is 10.5. The lowest BCUT2D eigenvalue weighted by molar-refractivity contribution is -0.118. The van der Waals surface area contributed by atoms with Crippen LogP contribution in [0.15, 0.2) is 0 Å². The number of nitrogens with two attached hydrogens (primary N) is 1. The lowest BCUT2D eigenvalue weighted by Gasteiger charge is -1.98. The Kier molecular flexibility index (Phi) is 11.6. The van der Waals surface area contributed by atoms with Crippen LogP contribution in [0.2, 0.25) is 0 Å². The summed E-state index contributed by atoms with van der Waals surface area (Å²) in [6.07, 6.45) is 9.17. The summed E-state index contributed by atoms with van der Waals surface area (Å²) in [5, 5.41) is 0. The van der Waals surface area contributed by atoms with Crippen LogP contribution < -0.4 is 5.73 Å². The van der Waals surface area contributed by atoms with Crippen molar-refractivity contribution in [2.75, 3.05) is 0 Å². The first kappa shape index (κ1) is 15.6. The number of amides is 1. The highest BCUT2D eigenvalue weighted by molar-refractivity contribution is 5.73. The molecule has 0 aliphatic rings. The summed E-state index contributed by atoms with van der Waals surface area (Å²) in [5.74, 6) is 11.4. The van der Waals surface area contributed by atoms with E-state index in [9.17, 15) is 4.79 Å². The Morgan fingerprint density at radius 2 is 1.53 bits per heavy atom. The minimum atomic E-state index is -0.187. The number of carbonyl (C=O) groups is 1. The Morgan fingerprint density at radius 1 is 0.941 bits per heavy atom. The summed E-state index contributed by atoms with van der Waals surface area (Å²) in [6, 6.07) is 0. The first-order valence-corrected chi connectivity index (χ1v) is 6.51. The summed E-state index contributed by atoms with van der Waals surface area (Å²) in [4.78, 5) is 10.5. The molecule has 0 aliphatic carbocycles. The van der Waals surface area contributed by atoms with Crippen molar-refractivity contribution < 1.29 is 4.79 Å². The molecule has 2 N–H and O–H groups in total. The molecule has 2 heteroatoms. The smallest absolute Gasteiger partial charge is 0.217 e. The van der Waals surface area contributed by atoms with Gasteiger partial charge in [0.1, 0.15) is 0 Å². The van der Waals surface area contributed by atoms with Gasteiger partial charge in [0.2, 0.25) is 5.91 Å². The predicted molar refractivity (Wildman–Crippen MR) is 72.0 cm³/mol. The van der Waals surface area contributed by atoms with Crippen LogP contribution in [0.5, 0.6) is 0 Å². The van der Waals surface area contributed by atoms with Gasteiger partial charge >= 0.3 is 0 Å². The molecule has 94 valence electrons. The van der Waals surface area contributed by atoms with Crippen LogP contribution >= 0.6 is 0 Å². The third kappa shape index (κ3) is 14.6. The molecule has 0 aliphatic heterocycles. The quantitative estimate of drug-likeness (QED) is 0.508. The minimum absolute atomic E-state index is 0.187. The molecular formula is C15H23NO. The van der Waals surface area contributed by atoms with Crippen molar-refractivity contribution in [1.82, 2.24) is 0 Å². The van der Waals surface area contributed by atoms with Crippen LogP contribution in [0.3, 0.4) is 0 Å². The second kappa shape index (κ2) is 12.7. The van der Waals surface area contributed by atoms with Crippen LogP contribution in [0.1, 0.15) is 64.7 Å². The summed E-state index contributed by atoms with van der Waals surface area (Å²) in [7, 11) is 0. The van der Waals surface area contributed by atoms with Crippen LogP contribution in [0, 0.1) is 23.7 Å². The number of unbranched alkanes of at least 4 members (excludes halogenated alkanes) is 6. The molecule has 0 radical (unpaired) electrons. The topological polar surface area (TPSA) is 43.1 Å². The van der Waals surface area contributed by atoms with E-state index in [4.69, 9.17) is 5.73 Å². The number of carbonyl (C=O) groups excluding carboxylic acids is 1. The second-order valence-corrected chi connectivity index (χ2v) is 4.04. The minimum Gasteiger partial charge on any atom is -0.370 e. The van der Waals surface area contributed by atoms with Crippen LogP contribution in [-0.4, -0.2) is 5.91 Å². The van der Waals surface area contributed by atoms with Gasteiger partial charge in [0, 0.05) is 19.3 Å². The normalized spacial score (nSPS) is 8.76. The van der Waals surface area contributed by atoms with Crippen molar-refractivity contribution in [3.63, 3.8) is 0 Å². The third-order valence-corrected chi connectivity index (χ3v) is 2.39. The summed E-state index contributed by atoms with van der Waals surface area (Å²) in [5.41, 5.74) is 5.06. The number of primary amides is 1. The Labute approximate surface area is 105 Å². The molecule has 0 heterocycles. The Hall–Kier alpha value is -1.41. The molecule has 17 heavy (non-hydrogen) atoms. The summed E-state index contributed by atoms with van der Waals surface area (Å²) < 4.78 is 0. The zero-order valence-corrected chi connectivity index (χ0v) is 10.8. The van der Waals surface area contributed by atoms with Crippen LogP contribution in [0.25, 0.3) is 0 Å². The maximum atomic E-state index is 10.5. The molecule has 0 aromatic carbocycles.